The van der Waals surface area contributed by atoms with E-state index in [1.54, 1.807) is 0 Å². The number of rotatable bonds is 3. The molecule has 1 nitrogen and oxygen atoms in total. The van der Waals surface area contributed by atoms with Crippen molar-refractivity contribution in [1.82, 2.24) is 0 Å². The van der Waals surface area contributed by atoms with Crippen molar-refractivity contribution in [3.63, 3.8) is 0 Å². The molecule has 0 saturated heterocycles. The second-order valence-corrected chi connectivity index (χ2v) is 9.65. The van der Waals surface area contributed by atoms with Crippen molar-refractivity contribution in [2.24, 2.45) is 21.7 Å². The van der Waals surface area contributed by atoms with Crippen LogP contribution in [0.2, 0.25) is 0 Å². The predicted octanol–water partition coefficient (Wildman–Crippen LogP) is 5.75. The molecule has 0 aliphatic heterocycles. The third-order valence-electron chi connectivity index (χ3n) is 5.19. The first-order valence-electron chi connectivity index (χ1n) is 8.35. The minimum atomic E-state index is -0.398. The summed E-state index contributed by atoms with van der Waals surface area (Å²) in [6, 6.07) is 0. The zero-order valence-electron chi connectivity index (χ0n) is 15.7. The van der Waals surface area contributed by atoms with E-state index in [0.29, 0.717) is 0 Å². The number of hydrogen-bond acceptors (Lipinski definition) is 1. The molecule has 0 spiro atoms. The van der Waals surface area contributed by atoms with Crippen molar-refractivity contribution in [1.29, 1.82) is 0 Å². The minimum Gasteiger partial charge on any atom is -0.388 e. The molecule has 1 aliphatic carbocycles. The fourth-order valence-corrected chi connectivity index (χ4v) is 4.31. The van der Waals surface area contributed by atoms with Crippen molar-refractivity contribution in [3.05, 3.63) is 23.8 Å². The number of allylic oxidation sites excluding steroid dienone is 2. The summed E-state index contributed by atoms with van der Waals surface area (Å²) in [6.07, 6.45) is 8.17. The Kier molecular flexibility index (Phi) is 4.91. The summed E-state index contributed by atoms with van der Waals surface area (Å²) in [7, 11) is 0. The topological polar surface area (TPSA) is 20.2 Å². The molecule has 0 aromatic carbocycles. The second kappa shape index (κ2) is 5.57. The number of hydrogen-bond donors (Lipinski definition) is 1. The molecule has 1 rings (SSSR count). The molecule has 0 amide bonds. The van der Waals surface area contributed by atoms with Gasteiger partial charge in [0.05, 0.1) is 6.10 Å². The largest absolute Gasteiger partial charge is 0.388 e. The van der Waals surface area contributed by atoms with Crippen molar-refractivity contribution in [3.8, 4) is 0 Å². The minimum absolute atomic E-state index is 0.00803. The third-order valence-corrected chi connectivity index (χ3v) is 5.19. The lowest BCUT2D eigenvalue weighted by Crippen LogP contribution is -2.48. The van der Waals surface area contributed by atoms with Gasteiger partial charge in [-0.2, -0.15) is 0 Å². The van der Waals surface area contributed by atoms with E-state index in [2.05, 4.69) is 80.5 Å². The van der Waals surface area contributed by atoms with E-state index in [9.17, 15) is 5.11 Å². The van der Waals surface area contributed by atoms with Gasteiger partial charge in [0.25, 0.3) is 0 Å². The summed E-state index contributed by atoms with van der Waals surface area (Å²) in [4.78, 5) is 0. The lowest BCUT2D eigenvalue weighted by atomic mass is 9.55. The fraction of sp³-hybridized carbons (Fsp3) is 0.800. The van der Waals surface area contributed by atoms with Gasteiger partial charge < -0.3 is 5.11 Å². The molecule has 1 N–H and O–H groups in total. The van der Waals surface area contributed by atoms with Gasteiger partial charge in [-0.1, -0.05) is 80.5 Å². The molecule has 122 valence electrons. The summed E-state index contributed by atoms with van der Waals surface area (Å²) >= 11 is 0. The van der Waals surface area contributed by atoms with Crippen LogP contribution in [-0.2, 0) is 0 Å². The first-order chi connectivity index (χ1) is 9.27. The van der Waals surface area contributed by atoms with Gasteiger partial charge in [0.15, 0.2) is 0 Å². The maximum Gasteiger partial charge on any atom is 0.0854 e. The van der Waals surface area contributed by atoms with Gasteiger partial charge in [-0.15, -0.1) is 0 Å². The Morgan fingerprint density at radius 1 is 1.05 bits per heavy atom. The average molecular weight is 293 g/mol. The number of aliphatic hydroxyl groups is 1. The second-order valence-electron chi connectivity index (χ2n) is 9.65. The van der Waals surface area contributed by atoms with Gasteiger partial charge in [-0.3, -0.25) is 0 Å². The summed E-state index contributed by atoms with van der Waals surface area (Å²) in [5.41, 5.74) is 1.31. The number of aliphatic hydroxyl groups excluding tert-OH is 1. The van der Waals surface area contributed by atoms with Crippen LogP contribution in [0.25, 0.3) is 0 Å². The molecular weight excluding hydrogens is 256 g/mol. The van der Waals surface area contributed by atoms with E-state index >= 15 is 0 Å². The first kappa shape index (κ1) is 18.5. The van der Waals surface area contributed by atoms with Crippen LogP contribution in [0.15, 0.2) is 23.8 Å². The van der Waals surface area contributed by atoms with Crippen LogP contribution in [0.5, 0.6) is 0 Å². The predicted molar refractivity (Wildman–Crippen MR) is 93.3 cm³/mol. The summed E-state index contributed by atoms with van der Waals surface area (Å²) < 4.78 is 0. The van der Waals surface area contributed by atoms with Gasteiger partial charge in [0.1, 0.15) is 0 Å². The summed E-state index contributed by atoms with van der Waals surface area (Å²) in [6.45, 7) is 20.3. The van der Waals surface area contributed by atoms with Crippen LogP contribution < -0.4 is 0 Å². The van der Waals surface area contributed by atoms with Crippen LogP contribution in [0, 0.1) is 21.7 Å². The van der Waals surface area contributed by atoms with Gasteiger partial charge in [0.2, 0.25) is 0 Å². The quantitative estimate of drug-likeness (QED) is 0.702. The highest BCUT2D eigenvalue weighted by molar-refractivity contribution is 5.34. The van der Waals surface area contributed by atoms with Crippen molar-refractivity contribution >= 4 is 0 Å². The highest BCUT2D eigenvalue weighted by atomic mass is 16.3. The summed E-state index contributed by atoms with van der Waals surface area (Å²) in [5.74, 6) is 0. The zero-order valence-corrected chi connectivity index (χ0v) is 15.7. The van der Waals surface area contributed by atoms with Gasteiger partial charge in [-0.05, 0) is 34.7 Å². The van der Waals surface area contributed by atoms with Crippen molar-refractivity contribution in [2.75, 3.05) is 0 Å². The Labute approximate surface area is 132 Å². The molecule has 2 unspecified atom stereocenters. The Hall–Kier alpha value is -0.560. The van der Waals surface area contributed by atoms with E-state index < -0.39 is 6.10 Å². The Morgan fingerprint density at radius 3 is 1.95 bits per heavy atom. The Morgan fingerprint density at radius 2 is 1.57 bits per heavy atom. The smallest absolute Gasteiger partial charge is 0.0854 e. The van der Waals surface area contributed by atoms with E-state index in [1.165, 1.54) is 5.57 Å². The van der Waals surface area contributed by atoms with Gasteiger partial charge >= 0.3 is 0 Å². The van der Waals surface area contributed by atoms with Crippen LogP contribution in [0.1, 0.15) is 75.2 Å². The molecule has 2 atom stereocenters. The SMILES string of the molecule is CCC1(C(C)(C)C)C=CC=C(C(C)(C)CC(C)(C)C)C1O. The molecule has 1 aliphatic rings. The Bertz CT molecular complexity index is 426. The molecule has 0 aromatic heterocycles. The summed E-state index contributed by atoms with van der Waals surface area (Å²) in [5, 5.41) is 11.2. The average Bonchev–Trinajstić information content (AvgIpc) is 2.24. The van der Waals surface area contributed by atoms with Crippen LogP contribution in [-0.4, -0.2) is 11.2 Å². The van der Waals surface area contributed by atoms with Crippen LogP contribution in [0.4, 0.5) is 0 Å². The first-order valence-corrected chi connectivity index (χ1v) is 8.35. The van der Waals surface area contributed by atoms with E-state index in [-0.39, 0.29) is 21.7 Å². The maximum absolute atomic E-state index is 11.2. The van der Waals surface area contributed by atoms with Crippen molar-refractivity contribution < 1.29 is 5.11 Å². The molecule has 1 heteroatoms. The monoisotopic (exact) mass is 292 g/mol. The van der Waals surface area contributed by atoms with E-state index in [0.717, 1.165) is 12.8 Å². The van der Waals surface area contributed by atoms with E-state index in [4.69, 9.17) is 0 Å². The van der Waals surface area contributed by atoms with Gasteiger partial charge in [-0.25, -0.2) is 0 Å². The standard InChI is InChI=1S/C20H36O/c1-10-20(18(5,6)7)13-11-12-15(16(20)21)19(8,9)14-17(2,3)4/h11-13,16,21H,10,14H2,1-9H3. The van der Waals surface area contributed by atoms with Crippen LogP contribution >= 0.6 is 0 Å². The lowest BCUT2D eigenvalue weighted by Gasteiger charge is -2.51. The molecule has 0 fully saturated rings. The van der Waals surface area contributed by atoms with Gasteiger partial charge in [0, 0.05) is 5.41 Å². The highest BCUT2D eigenvalue weighted by Gasteiger charge is 2.49. The zero-order chi connectivity index (χ0) is 16.7. The Balaban J connectivity index is 3.23. The third kappa shape index (κ3) is 3.62. The van der Waals surface area contributed by atoms with Crippen LogP contribution in [0.3, 0.4) is 0 Å². The molecule has 0 radical (unpaired) electrons. The molecule has 0 saturated carbocycles. The highest BCUT2D eigenvalue weighted by Crippen LogP contribution is 2.53. The van der Waals surface area contributed by atoms with E-state index in [1.807, 2.05) is 0 Å². The fourth-order valence-electron chi connectivity index (χ4n) is 4.31. The molecular formula is C20H36O. The molecule has 21 heavy (non-hydrogen) atoms. The maximum atomic E-state index is 11.2. The normalized spacial score (nSPS) is 27.7. The van der Waals surface area contributed by atoms with Crippen molar-refractivity contribution in [2.45, 2.75) is 81.3 Å². The molecule has 0 bridgehead atoms. The molecule has 0 aromatic rings. The molecule has 0 heterocycles. The lowest BCUT2D eigenvalue weighted by molar-refractivity contribution is -0.0133.